The van der Waals surface area contributed by atoms with Gasteiger partial charge in [-0.3, -0.25) is 9.59 Å². The van der Waals surface area contributed by atoms with E-state index < -0.39 is 38.7 Å². The molecule has 0 bridgehead atoms. The number of carbonyl (C=O) groups excluding carboxylic acids is 2. The average Bonchev–Trinajstić information content (AvgIpc) is 3.12. The molecule has 0 saturated heterocycles. The highest BCUT2D eigenvalue weighted by Gasteiger charge is 2.32. The van der Waals surface area contributed by atoms with E-state index in [0.29, 0.717) is 28.1 Å². The number of halogens is 3. The van der Waals surface area contributed by atoms with Gasteiger partial charge in [0.25, 0.3) is 17.7 Å². The summed E-state index contributed by atoms with van der Waals surface area (Å²) in [5.74, 6) is -3.96. The summed E-state index contributed by atoms with van der Waals surface area (Å²) in [6, 6.07) is 28.3. The van der Waals surface area contributed by atoms with E-state index in [0.717, 1.165) is 24.6 Å². The summed E-state index contributed by atoms with van der Waals surface area (Å²) in [5.41, 5.74) is 1.85. The minimum atomic E-state index is -3.71. The van der Waals surface area contributed by atoms with E-state index in [1.807, 2.05) is 33.8 Å². The summed E-state index contributed by atoms with van der Waals surface area (Å²) in [4.78, 5) is 24.0. The molecule has 15 heteroatoms. The lowest BCUT2D eigenvalue weighted by molar-refractivity contribution is 0.00214. The van der Waals surface area contributed by atoms with Crippen LogP contribution in [0.15, 0.2) is 109 Å². The summed E-state index contributed by atoms with van der Waals surface area (Å²) in [5, 5.41) is 5.31. The van der Waals surface area contributed by atoms with Gasteiger partial charge in [0.1, 0.15) is 6.17 Å². The van der Waals surface area contributed by atoms with E-state index in [4.69, 9.17) is 0 Å². The zero-order valence-corrected chi connectivity index (χ0v) is 30.9. The van der Waals surface area contributed by atoms with Crippen LogP contribution in [0.4, 0.5) is 24.5 Å². The minimum absolute atomic E-state index is 0.256. The van der Waals surface area contributed by atoms with Gasteiger partial charge in [0.15, 0.2) is 0 Å². The Morgan fingerprint density at radius 2 is 0.980 bits per heavy atom. The molecule has 4 N–H and O–H groups in total. The Labute approximate surface area is 299 Å². The van der Waals surface area contributed by atoms with E-state index in [2.05, 4.69) is 15.4 Å². The molecule has 0 aliphatic carbocycles. The highest BCUT2D eigenvalue weighted by Crippen LogP contribution is 2.28. The molecule has 1 unspecified atom stereocenters. The fraction of sp³-hybridized carbons (Fsp3) is 0.278. The molecule has 0 saturated carbocycles. The van der Waals surface area contributed by atoms with E-state index in [9.17, 15) is 39.6 Å². The van der Waals surface area contributed by atoms with Crippen LogP contribution < -0.4 is 20.1 Å². The van der Waals surface area contributed by atoms with Crippen molar-refractivity contribution in [3.8, 4) is 0 Å². The van der Waals surface area contributed by atoms with E-state index in [-0.39, 0.29) is 23.9 Å². The highest BCUT2D eigenvalue weighted by molar-refractivity contribution is 7.89. The Kier molecular flexibility index (Phi) is 18.8. The average molecular weight is 751 g/mol. The maximum Gasteiger partial charge on any atom is 0.286 e. The first-order valence-corrected chi connectivity index (χ1v) is 19.7. The van der Waals surface area contributed by atoms with Gasteiger partial charge in [-0.1, -0.05) is 88.4 Å². The fourth-order valence-electron chi connectivity index (χ4n) is 3.82. The lowest BCUT2D eigenvalue weighted by atomic mass is 10.1. The second-order valence-corrected chi connectivity index (χ2v) is 13.9. The molecule has 4 aromatic carbocycles. The maximum atomic E-state index is 13.9. The van der Waals surface area contributed by atoms with Crippen molar-refractivity contribution in [2.75, 3.05) is 36.2 Å². The van der Waals surface area contributed by atoms with Gasteiger partial charge in [-0.05, 0) is 54.1 Å². The third-order valence-electron chi connectivity index (χ3n) is 6.25. The van der Waals surface area contributed by atoms with Crippen LogP contribution in [0.25, 0.3) is 0 Å². The first kappa shape index (κ1) is 44.5. The van der Waals surface area contributed by atoms with Gasteiger partial charge >= 0.3 is 0 Å². The molecule has 1 atom stereocenters. The number of hydrogen-bond donors (Lipinski definition) is 4. The summed E-state index contributed by atoms with van der Waals surface area (Å²) in [6.07, 6.45) is 0.330. The number of amides is 2. The molecular weight excluding hydrogens is 706 g/mol. The quantitative estimate of drug-likeness (QED) is 0.121. The maximum absolute atomic E-state index is 13.9. The van der Waals surface area contributed by atoms with Crippen LogP contribution in [0.1, 0.15) is 65.7 Å². The van der Waals surface area contributed by atoms with Crippen molar-refractivity contribution in [2.45, 2.75) is 39.8 Å². The summed E-state index contributed by atoms with van der Waals surface area (Å²) < 4.78 is 89.4. The number of alkyl halides is 3. The van der Waals surface area contributed by atoms with Crippen LogP contribution in [0.5, 0.6) is 0 Å². The highest BCUT2D eigenvalue weighted by atomic mass is 32.2. The SMILES string of the molecule is CC.CC.CS(=O)(=O)NCC(F)(F)c1ccc(NC(=O)c2ccccc2)cc1.CS(=O)(=O)NCC(F)c1ccc(NC(=O)c2ccccc2)cc1. The standard InChI is InChI=1S/C16H16F2N2O3S.C16H17FN2O3S.2C2H6/c1-24(22,23)19-11-16(17,18)13-7-9-14(10-8-13)20-15(21)12-5-3-2-4-6-12;1-23(21,22)18-11-15(17)12-7-9-14(10-8-12)19-16(20)13-5-3-2-4-6-13;2*1-2/h2-10,19H,11H2,1H3,(H,20,21);2-10,15,18H,11H2,1H3,(H,19,20);2*1-2H3. The van der Waals surface area contributed by atoms with Crippen LogP contribution in [0.2, 0.25) is 0 Å². The Balaban J connectivity index is 0.000000465. The molecule has 4 aromatic rings. The molecule has 0 spiro atoms. The van der Waals surface area contributed by atoms with Crippen LogP contribution in [0, 0.1) is 0 Å². The van der Waals surface area contributed by atoms with E-state index in [1.165, 1.54) is 24.3 Å². The molecule has 278 valence electrons. The van der Waals surface area contributed by atoms with Crippen molar-refractivity contribution in [1.82, 2.24) is 9.44 Å². The summed E-state index contributed by atoms with van der Waals surface area (Å²) in [6.45, 7) is 6.65. The zero-order chi connectivity index (χ0) is 38.7. The number of rotatable bonds is 12. The van der Waals surface area contributed by atoms with Crippen molar-refractivity contribution >= 4 is 43.2 Å². The van der Waals surface area contributed by atoms with Crippen LogP contribution in [-0.4, -0.2) is 54.3 Å². The number of carbonyl (C=O) groups is 2. The smallest absolute Gasteiger partial charge is 0.286 e. The van der Waals surface area contributed by atoms with Gasteiger partial charge in [-0.15, -0.1) is 0 Å². The van der Waals surface area contributed by atoms with Crippen LogP contribution >= 0.6 is 0 Å². The first-order chi connectivity index (χ1) is 24.0. The normalized spacial score (nSPS) is 11.5. The molecule has 0 aromatic heterocycles. The number of sulfonamides is 2. The van der Waals surface area contributed by atoms with Crippen molar-refractivity contribution in [3.05, 3.63) is 131 Å². The third-order valence-corrected chi connectivity index (χ3v) is 7.61. The van der Waals surface area contributed by atoms with Gasteiger partial charge in [0.05, 0.1) is 19.1 Å². The largest absolute Gasteiger partial charge is 0.322 e. The second-order valence-electron chi connectivity index (χ2n) is 10.2. The first-order valence-electron chi connectivity index (χ1n) is 15.9. The zero-order valence-electron chi connectivity index (χ0n) is 29.3. The Morgan fingerprint density at radius 1 is 0.608 bits per heavy atom. The summed E-state index contributed by atoms with van der Waals surface area (Å²) >= 11 is 0. The van der Waals surface area contributed by atoms with Gasteiger partial charge in [-0.25, -0.2) is 30.7 Å². The lowest BCUT2D eigenvalue weighted by Crippen LogP contribution is -2.34. The van der Waals surface area contributed by atoms with Crippen molar-refractivity contribution in [2.24, 2.45) is 0 Å². The minimum Gasteiger partial charge on any atom is -0.322 e. The van der Waals surface area contributed by atoms with E-state index in [1.54, 1.807) is 71.5 Å². The monoisotopic (exact) mass is 750 g/mol. The van der Waals surface area contributed by atoms with Gasteiger partial charge < -0.3 is 10.6 Å². The van der Waals surface area contributed by atoms with Crippen LogP contribution in [-0.2, 0) is 26.0 Å². The predicted molar refractivity (Wildman–Crippen MR) is 198 cm³/mol. The predicted octanol–water partition coefficient (Wildman–Crippen LogP) is 7.13. The van der Waals surface area contributed by atoms with Crippen molar-refractivity contribution < 1.29 is 39.6 Å². The Bertz CT molecular complexity index is 1850. The number of anilines is 2. The van der Waals surface area contributed by atoms with Gasteiger partial charge in [0.2, 0.25) is 20.0 Å². The molecule has 51 heavy (non-hydrogen) atoms. The molecule has 10 nitrogen and oxygen atoms in total. The second kappa shape index (κ2) is 21.6. The number of benzene rings is 4. The van der Waals surface area contributed by atoms with Crippen molar-refractivity contribution in [1.29, 1.82) is 0 Å². The molecular formula is C36H45F3N4O6S2. The fourth-order valence-corrected chi connectivity index (χ4v) is 4.72. The molecule has 0 radical (unpaired) electrons. The van der Waals surface area contributed by atoms with E-state index >= 15 is 0 Å². The summed E-state index contributed by atoms with van der Waals surface area (Å²) in [7, 11) is -7.14. The van der Waals surface area contributed by atoms with Gasteiger partial charge in [0, 0.05) is 34.6 Å². The topological polar surface area (TPSA) is 151 Å². The molecule has 0 heterocycles. The number of hydrogen-bond acceptors (Lipinski definition) is 6. The number of nitrogens with one attached hydrogen (secondary N) is 4. The van der Waals surface area contributed by atoms with Gasteiger partial charge in [-0.2, -0.15) is 8.78 Å². The van der Waals surface area contributed by atoms with Crippen LogP contribution in [0.3, 0.4) is 0 Å². The molecule has 4 rings (SSSR count). The molecule has 0 aliphatic heterocycles. The third kappa shape index (κ3) is 17.3. The lowest BCUT2D eigenvalue weighted by Gasteiger charge is -2.17. The Hall–Kier alpha value is -4.57. The Morgan fingerprint density at radius 3 is 1.35 bits per heavy atom. The molecule has 0 aliphatic rings. The molecule has 0 fully saturated rings. The molecule has 2 amide bonds. The van der Waals surface area contributed by atoms with Crippen molar-refractivity contribution in [3.63, 3.8) is 0 Å².